The highest BCUT2D eigenvalue weighted by Gasteiger charge is 2.09. The average molecular weight is 274 g/mol. The number of rotatable bonds is 2. The Morgan fingerprint density at radius 1 is 1.41 bits per heavy atom. The highest BCUT2D eigenvalue weighted by Crippen LogP contribution is 2.31. The maximum absolute atomic E-state index is 6.00. The average Bonchev–Trinajstić information content (AvgIpc) is 2.51. The van der Waals surface area contributed by atoms with Crippen molar-refractivity contribution in [2.24, 2.45) is 7.05 Å². The lowest BCUT2D eigenvalue weighted by Gasteiger charge is -2.06. The molecule has 2 N–H and O–H groups in total. The number of aryl methyl sites for hydroxylation is 2. The lowest BCUT2D eigenvalue weighted by molar-refractivity contribution is 0.456. The highest BCUT2D eigenvalue weighted by atomic mass is 35.5. The van der Waals surface area contributed by atoms with Crippen molar-refractivity contribution < 1.29 is 4.74 Å². The third-order valence-electron chi connectivity index (χ3n) is 2.11. The molecule has 0 radical (unpaired) electrons. The summed E-state index contributed by atoms with van der Waals surface area (Å²) in [6.07, 6.45) is 1.68. The zero-order chi connectivity index (χ0) is 11.7. The van der Waals surface area contributed by atoms with Crippen LogP contribution in [0.25, 0.3) is 0 Å². The van der Waals surface area contributed by atoms with Gasteiger partial charge in [0, 0.05) is 7.05 Å². The van der Waals surface area contributed by atoms with Crippen molar-refractivity contribution in [2.75, 3.05) is 5.73 Å². The van der Waals surface area contributed by atoms with Crippen LogP contribution in [-0.2, 0) is 7.05 Å². The third kappa shape index (κ3) is 3.05. The van der Waals surface area contributed by atoms with Gasteiger partial charge in [-0.25, -0.2) is 0 Å². The van der Waals surface area contributed by atoms with Crippen molar-refractivity contribution in [1.82, 2.24) is 9.78 Å². The van der Waals surface area contributed by atoms with Crippen molar-refractivity contribution in [3.63, 3.8) is 0 Å². The van der Waals surface area contributed by atoms with E-state index < -0.39 is 0 Å². The second-order valence-corrected chi connectivity index (χ2v) is 4.01. The van der Waals surface area contributed by atoms with Gasteiger partial charge in [0.25, 0.3) is 5.88 Å². The normalized spacial score (nSPS) is 9.82. The van der Waals surface area contributed by atoms with Crippen LogP contribution in [0.1, 0.15) is 5.56 Å². The molecule has 2 aromatic rings. The molecular weight excluding hydrogens is 261 g/mol. The number of aromatic nitrogens is 2. The van der Waals surface area contributed by atoms with Crippen molar-refractivity contribution >= 4 is 29.7 Å². The van der Waals surface area contributed by atoms with E-state index in [-0.39, 0.29) is 12.4 Å². The molecule has 4 nitrogen and oxygen atoms in total. The zero-order valence-electron chi connectivity index (χ0n) is 9.48. The summed E-state index contributed by atoms with van der Waals surface area (Å²) in [4.78, 5) is 0. The Labute approximate surface area is 111 Å². The minimum Gasteiger partial charge on any atom is -0.434 e. The predicted molar refractivity (Wildman–Crippen MR) is 71.1 cm³/mol. The maximum Gasteiger partial charge on any atom is 0.261 e. The van der Waals surface area contributed by atoms with Crippen LogP contribution in [0.15, 0.2) is 24.4 Å². The highest BCUT2D eigenvalue weighted by molar-refractivity contribution is 6.32. The van der Waals surface area contributed by atoms with E-state index in [1.807, 2.05) is 19.1 Å². The molecule has 1 aromatic carbocycles. The van der Waals surface area contributed by atoms with Gasteiger partial charge in [-0.05, 0) is 24.6 Å². The Morgan fingerprint density at radius 3 is 2.71 bits per heavy atom. The monoisotopic (exact) mass is 273 g/mol. The first-order valence-corrected chi connectivity index (χ1v) is 5.17. The molecule has 0 amide bonds. The van der Waals surface area contributed by atoms with Gasteiger partial charge in [0.05, 0.1) is 11.2 Å². The quantitative estimate of drug-likeness (QED) is 0.915. The van der Waals surface area contributed by atoms with Crippen molar-refractivity contribution in [1.29, 1.82) is 0 Å². The van der Waals surface area contributed by atoms with Crippen LogP contribution in [0, 0.1) is 6.92 Å². The summed E-state index contributed by atoms with van der Waals surface area (Å²) in [5.41, 5.74) is 7.28. The number of benzene rings is 1. The Morgan fingerprint density at radius 2 is 2.12 bits per heavy atom. The number of nitrogens with zero attached hydrogens (tertiary/aromatic N) is 2. The van der Waals surface area contributed by atoms with Gasteiger partial charge in [-0.15, -0.1) is 17.5 Å². The maximum atomic E-state index is 6.00. The standard InChI is InChI=1S/C11H12ClN3O.ClH/c1-7-3-4-8(12)10(5-7)16-11-9(13)6-15(2)14-11;/h3-6H,13H2,1-2H3;1H. The molecule has 0 aliphatic carbocycles. The van der Waals surface area contributed by atoms with Crippen molar-refractivity contribution in [3.8, 4) is 11.6 Å². The van der Waals surface area contributed by atoms with Crippen molar-refractivity contribution in [3.05, 3.63) is 35.0 Å². The summed E-state index contributed by atoms with van der Waals surface area (Å²) in [7, 11) is 1.78. The molecule has 0 atom stereocenters. The van der Waals surface area contributed by atoms with Crippen LogP contribution >= 0.6 is 24.0 Å². The molecule has 0 saturated carbocycles. The first kappa shape index (κ1) is 13.7. The van der Waals surface area contributed by atoms with E-state index in [1.54, 1.807) is 24.0 Å². The van der Waals surface area contributed by atoms with Gasteiger partial charge in [0.15, 0.2) is 0 Å². The Bertz CT molecular complexity index is 525. The molecular formula is C11H13Cl2N3O. The van der Waals surface area contributed by atoms with E-state index in [0.29, 0.717) is 22.3 Å². The smallest absolute Gasteiger partial charge is 0.261 e. The second-order valence-electron chi connectivity index (χ2n) is 3.60. The molecule has 0 bridgehead atoms. The minimum absolute atomic E-state index is 0. The molecule has 0 unspecified atom stereocenters. The van der Waals surface area contributed by atoms with Crippen LogP contribution < -0.4 is 10.5 Å². The minimum atomic E-state index is 0. The number of hydrogen-bond acceptors (Lipinski definition) is 3. The molecule has 1 aromatic heterocycles. The molecule has 6 heteroatoms. The van der Waals surface area contributed by atoms with Crippen LogP contribution in [0.5, 0.6) is 11.6 Å². The van der Waals surface area contributed by atoms with Crippen LogP contribution in [0.3, 0.4) is 0 Å². The van der Waals surface area contributed by atoms with E-state index in [1.165, 1.54) is 0 Å². The lowest BCUT2D eigenvalue weighted by Crippen LogP contribution is -1.92. The van der Waals surface area contributed by atoms with Gasteiger partial charge >= 0.3 is 0 Å². The predicted octanol–water partition coefficient (Wildman–Crippen LogP) is 3.18. The molecule has 1 heterocycles. The first-order chi connectivity index (χ1) is 7.56. The molecule has 0 fully saturated rings. The fourth-order valence-electron chi connectivity index (χ4n) is 1.36. The van der Waals surface area contributed by atoms with Gasteiger partial charge in [0.2, 0.25) is 0 Å². The topological polar surface area (TPSA) is 53.1 Å². The van der Waals surface area contributed by atoms with Gasteiger partial charge in [-0.1, -0.05) is 17.7 Å². The molecule has 0 saturated heterocycles. The summed E-state index contributed by atoms with van der Waals surface area (Å²) in [5.74, 6) is 0.932. The Balaban J connectivity index is 0.00000144. The summed E-state index contributed by atoms with van der Waals surface area (Å²) >= 11 is 6.00. The Hall–Kier alpha value is -1.39. The molecule has 17 heavy (non-hydrogen) atoms. The van der Waals surface area contributed by atoms with Gasteiger partial charge in [-0.3, -0.25) is 4.68 Å². The number of anilines is 1. The van der Waals surface area contributed by atoms with Crippen molar-refractivity contribution in [2.45, 2.75) is 6.92 Å². The molecule has 0 aliphatic heterocycles. The summed E-state index contributed by atoms with van der Waals surface area (Å²) in [6, 6.07) is 5.54. The third-order valence-corrected chi connectivity index (χ3v) is 2.43. The molecule has 92 valence electrons. The number of nitrogen functional groups attached to an aromatic ring is 1. The Kier molecular flexibility index (Phi) is 4.26. The summed E-state index contributed by atoms with van der Waals surface area (Å²) in [5, 5.41) is 4.62. The van der Waals surface area contributed by atoms with E-state index in [2.05, 4.69) is 5.10 Å². The molecule has 2 rings (SSSR count). The lowest BCUT2D eigenvalue weighted by atomic mass is 10.2. The second kappa shape index (κ2) is 5.29. The largest absolute Gasteiger partial charge is 0.434 e. The van der Waals surface area contributed by atoms with Gasteiger partial charge in [0.1, 0.15) is 11.4 Å². The first-order valence-electron chi connectivity index (χ1n) is 4.79. The van der Waals surface area contributed by atoms with Gasteiger partial charge < -0.3 is 10.5 Å². The van der Waals surface area contributed by atoms with Crippen LogP contribution in [0.4, 0.5) is 5.69 Å². The summed E-state index contributed by atoms with van der Waals surface area (Å²) < 4.78 is 7.14. The fourth-order valence-corrected chi connectivity index (χ4v) is 1.51. The van der Waals surface area contributed by atoms with E-state index in [9.17, 15) is 0 Å². The summed E-state index contributed by atoms with van der Waals surface area (Å²) in [6.45, 7) is 1.96. The van der Waals surface area contributed by atoms with Crippen LogP contribution in [0.2, 0.25) is 5.02 Å². The fraction of sp³-hybridized carbons (Fsp3) is 0.182. The number of halogens is 2. The molecule has 0 aliphatic rings. The van der Waals surface area contributed by atoms with E-state index in [4.69, 9.17) is 22.1 Å². The number of nitrogens with two attached hydrogens (primary N) is 1. The SMILES string of the molecule is Cc1ccc(Cl)c(Oc2nn(C)cc2N)c1.Cl. The molecule has 0 spiro atoms. The van der Waals surface area contributed by atoms with Gasteiger partial charge in [-0.2, -0.15) is 0 Å². The number of hydrogen-bond donors (Lipinski definition) is 1. The van der Waals surface area contributed by atoms with Crippen LogP contribution in [-0.4, -0.2) is 9.78 Å². The zero-order valence-corrected chi connectivity index (χ0v) is 11.0. The number of ether oxygens (including phenoxy) is 1. The van der Waals surface area contributed by atoms with E-state index in [0.717, 1.165) is 5.56 Å². The van der Waals surface area contributed by atoms with E-state index >= 15 is 0 Å².